The van der Waals surface area contributed by atoms with Gasteiger partial charge >= 0.3 is 0 Å². The lowest BCUT2D eigenvalue weighted by Gasteiger charge is -2.17. The van der Waals surface area contributed by atoms with E-state index in [9.17, 15) is 14.4 Å². The van der Waals surface area contributed by atoms with Crippen molar-refractivity contribution in [3.63, 3.8) is 0 Å². The number of hydrogen-bond acceptors (Lipinski definition) is 3. The Morgan fingerprint density at radius 1 is 0.929 bits per heavy atom. The maximum atomic E-state index is 11.6. The van der Waals surface area contributed by atoms with E-state index < -0.39 is 17.5 Å². The first-order valence-corrected chi connectivity index (χ1v) is 4.34. The number of benzene rings is 1. The highest BCUT2D eigenvalue weighted by molar-refractivity contribution is 6.51. The summed E-state index contributed by atoms with van der Waals surface area (Å²) in [6.45, 7) is 1.47. The fourth-order valence-electron chi connectivity index (χ4n) is 1.58. The third-order valence-corrected chi connectivity index (χ3v) is 2.45. The van der Waals surface area contributed by atoms with Crippen LogP contribution in [0, 0.1) is 5.92 Å². The zero-order valence-corrected chi connectivity index (χ0v) is 7.61. The van der Waals surface area contributed by atoms with E-state index in [4.69, 9.17) is 0 Å². The summed E-state index contributed by atoms with van der Waals surface area (Å²) in [5, 5.41) is 0. The lowest BCUT2D eigenvalue weighted by Crippen LogP contribution is -2.34. The van der Waals surface area contributed by atoms with Gasteiger partial charge in [-0.25, -0.2) is 0 Å². The topological polar surface area (TPSA) is 51.2 Å². The Balaban J connectivity index is 2.68. The molecule has 2 rings (SSSR count). The molecule has 70 valence electrons. The van der Waals surface area contributed by atoms with Crippen LogP contribution in [-0.2, 0) is 4.79 Å². The van der Waals surface area contributed by atoms with Gasteiger partial charge in [0.05, 0.1) is 5.92 Å². The number of rotatable bonds is 0. The summed E-state index contributed by atoms with van der Waals surface area (Å²) >= 11 is 0. The third kappa shape index (κ3) is 1.02. The molecule has 3 heteroatoms. The van der Waals surface area contributed by atoms with Crippen LogP contribution < -0.4 is 0 Å². The van der Waals surface area contributed by atoms with Crippen LogP contribution in [0.15, 0.2) is 24.3 Å². The summed E-state index contributed by atoms with van der Waals surface area (Å²) in [6, 6.07) is 6.43. The molecule has 1 aromatic carbocycles. The van der Waals surface area contributed by atoms with Crippen molar-refractivity contribution in [1.82, 2.24) is 0 Å². The minimum absolute atomic E-state index is 0.237. The number of fused-ring (bicyclic) bond motifs is 1. The van der Waals surface area contributed by atoms with Crippen molar-refractivity contribution in [3.8, 4) is 0 Å². The molecule has 0 bridgehead atoms. The highest BCUT2D eigenvalue weighted by atomic mass is 16.2. The van der Waals surface area contributed by atoms with E-state index >= 15 is 0 Å². The summed E-state index contributed by atoms with van der Waals surface area (Å²) in [5.41, 5.74) is 0.602. The van der Waals surface area contributed by atoms with Gasteiger partial charge in [0.25, 0.3) is 0 Å². The molecular weight excluding hydrogens is 180 g/mol. The predicted molar refractivity (Wildman–Crippen MR) is 49.3 cm³/mol. The predicted octanol–water partition coefficient (Wildman–Crippen LogP) is 1.27. The Hall–Kier alpha value is -1.77. The Labute approximate surface area is 80.7 Å². The molecule has 0 aromatic heterocycles. The minimum Gasteiger partial charge on any atom is -0.293 e. The summed E-state index contributed by atoms with van der Waals surface area (Å²) in [7, 11) is 0. The van der Waals surface area contributed by atoms with Crippen LogP contribution in [0.4, 0.5) is 0 Å². The number of ketones is 3. The zero-order valence-electron chi connectivity index (χ0n) is 7.61. The molecule has 0 amide bonds. The lowest BCUT2D eigenvalue weighted by atomic mass is 9.82. The van der Waals surface area contributed by atoms with Crippen molar-refractivity contribution >= 4 is 17.3 Å². The molecule has 0 heterocycles. The van der Waals surface area contributed by atoms with Gasteiger partial charge in [0.15, 0.2) is 5.78 Å². The first kappa shape index (κ1) is 8.81. The molecule has 3 nitrogen and oxygen atoms in total. The summed E-state index contributed by atoms with van der Waals surface area (Å²) in [5.74, 6) is -2.23. The number of hydrogen-bond donors (Lipinski definition) is 0. The van der Waals surface area contributed by atoms with Gasteiger partial charge in [0.2, 0.25) is 11.6 Å². The number of carbonyl (C=O) groups excluding carboxylic acids is 3. The van der Waals surface area contributed by atoms with E-state index in [1.807, 2.05) is 0 Å². The molecule has 0 saturated carbocycles. The molecule has 14 heavy (non-hydrogen) atoms. The molecule has 0 N–H and O–H groups in total. The molecule has 0 radical (unpaired) electrons. The molecule has 1 aromatic rings. The Kier molecular flexibility index (Phi) is 1.81. The van der Waals surface area contributed by atoms with Gasteiger partial charge in [-0.2, -0.15) is 0 Å². The van der Waals surface area contributed by atoms with Gasteiger partial charge in [-0.15, -0.1) is 0 Å². The average Bonchev–Trinajstić information content (AvgIpc) is 2.23. The van der Waals surface area contributed by atoms with Crippen molar-refractivity contribution in [2.75, 3.05) is 0 Å². The molecular formula is C11H8O3. The Morgan fingerprint density at radius 3 is 2.14 bits per heavy atom. The quantitative estimate of drug-likeness (QED) is 0.455. The van der Waals surface area contributed by atoms with Crippen LogP contribution in [0.25, 0.3) is 0 Å². The van der Waals surface area contributed by atoms with Crippen LogP contribution in [0.5, 0.6) is 0 Å². The third-order valence-electron chi connectivity index (χ3n) is 2.45. The van der Waals surface area contributed by atoms with Crippen molar-refractivity contribution in [3.05, 3.63) is 35.4 Å². The van der Waals surface area contributed by atoms with Gasteiger partial charge in [0.1, 0.15) is 0 Å². The SMILES string of the molecule is C[C@@H]1C(=O)C(=O)c2ccccc2C1=O. The van der Waals surface area contributed by atoms with E-state index in [0.29, 0.717) is 5.56 Å². The first-order chi connectivity index (χ1) is 6.63. The highest BCUT2D eigenvalue weighted by Crippen LogP contribution is 2.22. The van der Waals surface area contributed by atoms with E-state index in [1.54, 1.807) is 18.2 Å². The van der Waals surface area contributed by atoms with Crippen LogP contribution >= 0.6 is 0 Å². The largest absolute Gasteiger partial charge is 0.293 e. The van der Waals surface area contributed by atoms with Crippen molar-refractivity contribution in [2.24, 2.45) is 5.92 Å². The molecule has 0 unspecified atom stereocenters. The Bertz CT molecular complexity index is 446. The van der Waals surface area contributed by atoms with Gasteiger partial charge in [-0.3, -0.25) is 14.4 Å². The van der Waals surface area contributed by atoms with Gasteiger partial charge < -0.3 is 0 Å². The molecule has 0 aliphatic heterocycles. The van der Waals surface area contributed by atoms with Crippen molar-refractivity contribution in [1.29, 1.82) is 0 Å². The average molecular weight is 188 g/mol. The zero-order chi connectivity index (χ0) is 10.3. The van der Waals surface area contributed by atoms with Crippen molar-refractivity contribution < 1.29 is 14.4 Å². The maximum absolute atomic E-state index is 11.6. The molecule has 1 aliphatic rings. The normalized spacial score (nSPS) is 20.9. The fourth-order valence-corrected chi connectivity index (χ4v) is 1.58. The van der Waals surface area contributed by atoms with E-state index in [0.717, 1.165) is 0 Å². The molecule has 0 saturated heterocycles. The van der Waals surface area contributed by atoms with Crippen LogP contribution in [0.1, 0.15) is 27.6 Å². The van der Waals surface area contributed by atoms with Crippen molar-refractivity contribution in [2.45, 2.75) is 6.92 Å². The molecule has 0 fully saturated rings. The fraction of sp³-hybridized carbons (Fsp3) is 0.182. The van der Waals surface area contributed by atoms with E-state index in [-0.39, 0.29) is 11.3 Å². The Morgan fingerprint density at radius 2 is 1.50 bits per heavy atom. The monoisotopic (exact) mass is 188 g/mol. The van der Waals surface area contributed by atoms with E-state index in [2.05, 4.69) is 0 Å². The molecule has 0 spiro atoms. The van der Waals surface area contributed by atoms with Crippen LogP contribution in [0.2, 0.25) is 0 Å². The lowest BCUT2D eigenvalue weighted by molar-refractivity contribution is -0.117. The summed E-state index contributed by atoms with van der Waals surface area (Å²) in [6.07, 6.45) is 0. The second-order valence-corrected chi connectivity index (χ2v) is 3.32. The number of Topliss-reactive ketones (excluding diaryl/α,β-unsaturated/α-hetero) is 3. The summed E-state index contributed by atoms with van der Waals surface area (Å²) in [4.78, 5) is 34.4. The molecule has 1 aliphatic carbocycles. The second kappa shape index (κ2) is 2.87. The smallest absolute Gasteiger partial charge is 0.230 e. The van der Waals surface area contributed by atoms with Gasteiger partial charge in [-0.05, 0) is 6.92 Å². The van der Waals surface area contributed by atoms with Gasteiger partial charge in [-0.1, -0.05) is 24.3 Å². The second-order valence-electron chi connectivity index (χ2n) is 3.32. The van der Waals surface area contributed by atoms with Crippen LogP contribution in [0.3, 0.4) is 0 Å². The van der Waals surface area contributed by atoms with E-state index in [1.165, 1.54) is 13.0 Å². The highest BCUT2D eigenvalue weighted by Gasteiger charge is 2.36. The minimum atomic E-state index is -0.822. The number of carbonyl (C=O) groups is 3. The maximum Gasteiger partial charge on any atom is 0.230 e. The molecule has 1 atom stereocenters. The van der Waals surface area contributed by atoms with Gasteiger partial charge in [0, 0.05) is 11.1 Å². The first-order valence-electron chi connectivity index (χ1n) is 4.34. The summed E-state index contributed by atoms with van der Waals surface area (Å²) < 4.78 is 0. The standard InChI is InChI=1S/C11H8O3/c1-6-9(12)7-4-2-3-5-8(7)11(14)10(6)13/h2-6H,1H3/t6-/m0/s1. The van der Waals surface area contributed by atoms with Crippen LogP contribution in [-0.4, -0.2) is 17.3 Å².